The number of carbonyl (C=O) groups is 1. The van der Waals surface area contributed by atoms with Gasteiger partial charge in [-0.05, 0) is 34.1 Å². The highest BCUT2D eigenvalue weighted by Gasteiger charge is 2.24. The van der Waals surface area contributed by atoms with Crippen molar-refractivity contribution in [2.75, 3.05) is 0 Å². The topological polar surface area (TPSA) is 83.3 Å². The highest BCUT2D eigenvalue weighted by molar-refractivity contribution is 5.80. The van der Waals surface area contributed by atoms with Crippen LogP contribution in [-0.2, 0) is 11.8 Å². The van der Waals surface area contributed by atoms with Gasteiger partial charge in [0.2, 0.25) is 5.78 Å². The molecule has 134 valence electrons. The maximum absolute atomic E-state index is 13.0. The first-order valence-electron chi connectivity index (χ1n) is 8.42. The Morgan fingerprint density at radius 3 is 2.44 bits per heavy atom. The average Bonchev–Trinajstić information content (AvgIpc) is 3.06. The van der Waals surface area contributed by atoms with E-state index in [0.717, 1.165) is 16.7 Å². The summed E-state index contributed by atoms with van der Waals surface area (Å²) >= 11 is 0. The molecule has 0 unspecified atom stereocenters. The van der Waals surface area contributed by atoms with Crippen molar-refractivity contribution in [3.8, 4) is 0 Å². The molecular formula is C17H23N5O3. The lowest BCUT2D eigenvalue weighted by Crippen LogP contribution is -2.42. The van der Waals surface area contributed by atoms with Crippen LogP contribution in [0.4, 0.5) is 0 Å². The van der Waals surface area contributed by atoms with Gasteiger partial charge in [-0.2, -0.15) is 4.98 Å². The third-order valence-corrected chi connectivity index (χ3v) is 5.02. The number of Topliss-reactive ketones (excluding diaryl/α,β-unsaturated/α-hetero) is 1. The molecule has 0 fully saturated rings. The Bertz CT molecular complexity index is 1110. The summed E-state index contributed by atoms with van der Waals surface area (Å²) in [4.78, 5) is 41.9. The molecule has 8 nitrogen and oxygen atoms in total. The Morgan fingerprint density at radius 1 is 1.24 bits per heavy atom. The molecule has 0 saturated carbocycles. The Morgan fingerprint density at radius 2 is 1.88 bits per heavy atom. The van der Waals surface area contributed by atoms with Gasteiger partial charge in [-0.1, -0.05) is 6.92 Å². The van der Waals surface area contributed by atoms with Crippen molar-refractivity contribution in [2.24, 2.45) is 7.05 Å². The lowest BCUT2D eigenvalue weighted by Gasteiger charge is -2.13. The van der Waals surface area contributed by atoms with Gasteiger partial charge in [0.15, 0.2) is 16.9 Å². The fourth-order valence-electron chi connectivity index (χ4n) is 3.24. The zero-order chi connectivity index (χ0) is 18.6. The van der Waals surface area contributed by atoms with E-state index < -0.39 is 17.3 Å². The monoisotopic (exact) mass is 345 g/mol. The second kappa shape index (κ2) is 5.72. The van der Waals surface area contributed by atoms with Crippen molar-refractivity contribution >= 4 is 22.7 Å². The molecule has 0 radical (unpaired) electrons. The first kappa shape index (κ1) is 17.2. The molecule has 0 spiro atoms. The molecule has 0 aliphatic carbocycles. The molecule has 3 aromatic heterocycles. The van der Waals surface area contributed by atoms with Gasteiger partial charge in [0.1, 0.15) is 0 Å². The number of hydrogen-bond donors (Lipinski definition) is 0. The van der Waals surface area contributed by atoms with Gasteiger partial charge in [-0.25, -0.2) is 9.36 Å². The Kier molecular flexibility index (Phi) is 3.93. The number of carbonyl (C=O) groups excluding carboxylic acids is 1. The number of nitrogens with zero attached hydrogens (tertiary/aromatic N) is 5. The van der Waals surface area contributed by atoms with Crippen molar-refractivity contribution in [1.29, 1.82) is 0 Å². The van der Waals surface area contributed by atoms with E-state index in [2.05, 4.69) is 23.4 Å². The van der Waals surface area contributed by atoms with Gasteiger partial charge in [0, 0.05) is 25.0 Å². The van der Waals surface area contributed by atoms with E-state index >= 15 is 0 Å². The highest BCUT2D eigenvalue weighted by Crippen LogP contribution is 2.22. The largest absolute Gasteiger partial charge is 0.333 e. The van der Waals surface area contributed by atoms with Crippen LogP contribution in [0.15, 0.2) is 15.8 Å². The normalized spacial score (nSPS) is 14.3. The van der Waals surface area contributed by atoms with Gasteiger partial charge >= 0.3 is 5.69 Å². The van der Waals surface area contributed by atoms with Crippen molar-refractivity contribution in [3.63, 3.8) is 0 Å². The molecule has 25 heavy (non-hydrogen) atoms. The summed E-state index contributed by atoms with van der Waals surface area (Å²) in [7, 11) is 1.57. The van der Waals surface area contributed by atoms with E-state index in [1.807, 2.05) is 13.1 Å². The van der Waals surface area contributed by atoms with E-state index in [4.69, 9.17) is 0 Å². The number of aromatic nitrogens is 5. The van der Waals surface area contributed by atoms with Crippen LogP contribution >= 0.6 is 0 Å². The van der Waals surface area contributed by atoms with Crippen LogP contribution in [0.2, 0.25) is 0 Å². The summed E-state index contributed by atoms with van der Waals surface area (Å²) in [6, 6.07) is -0.608. The van der Waals surface area contributed by atoms with Crippen molar-refractivity contribution < 1.29 is 4.79 Å². The van der Waals surface area contributed by atoms with E-state index in [1.165, 1.54) is 11.5 Å². The molecule has 0 N–H and O–H groups in total. The van der Waals surface area contributed by atoms with Crippen molar-refractivity contribution in [1.82, 2.24) is 23.1 Å². The number of hydrogen-bond acceptors (Lipinski definition) is 4. The fraction of sp³-hybridized carbons (Fsp3) is 0.529. The van der Waals surface area contributed by atoms with Crippen molar-refractivity contribution in [2.45, 2.75) is 53.1 Å². The maximum atomic E-state index is 13.0. The molecule has 0 amide bonds. The molecule has 2 atom stereocenters. The number of aryl methyl sites for hydroxylation is 2. The fourth-order valence-corrected chi connectivity index (χ4v) is 3.24. The van der Waals surface area contributed by atoms with Gasteiger partial charge in [-0.3, -0.25) is 18.6 Å². The highest BCUT2D eigenvalue weighted by atomic mass is 16.2. The molecule has 0 bridgehead atoms. The second-order valence-electron chi connectivity index (χ2n) is 6.66. The van der Waals surface area contributed by atoms with Crippen LogP contribution in [0.25, 0.3) is 16.9 Å². The first-order chi connectivity index (χ1) is 11.7. The lowest BCUT2D eigenvalue weighted by molar-refractivity contribution is -0.119. The van der Waals surface area contributed by atoms with Gasteiger partial charge < -0.3 is 4.57 Å². The Hall–Kier alpha value is -2.64. The number of rotatable bonds is 4. The van der Waals surface area contributed by atoms with E-state index in [0.29, 0.717) is 16.9 Å². The number of ketones is 1. The third-order valence-electron chi connectivity index (χ3n) is 5.02. The smallest absolute Gasteiger partial charge is 0.311 e. The zero-order valence-electron chi connectivity index (χ0n) is 15.4. The summed E-state index contributed by atoms with van der Waals surface area (Å²) in [6.45, 7) is 9.06. The predicted molar refractivity (Wildman–Crippen MR) is 95.3 cm³/mol. The molecule has 8 heteroatoms. The van der Waals surface area contributed by atoms with Crippen molar-refractivity contribution in [3.05, 3.63) is 32.7 Å². The second-order valence-corrected chi connectivity index (χ2v) is 6.66. The van der Waals surface area contributed by atoms with Crippen LogP contribution in [0.1, 0.15) is 51.9 Å². The quantitative estimate of drug-likeness (QED) is 0.719. The summed E-state index contributed by atoms with van der Waals surface area (Å²) < 4.78 is 6.12. The Labute approximate surface area is 144 Å². The molecule has 0 aromatic carbocycles. The van der Waals surface area contributed by atoms with E-state index in [1.54, 1.807) is 18.4 Å². The van der Waals surface area contributed by atoms with Crippen LogP contribution in [0.5, 0.6) is 0 Å². The summed E-state index contributed by atoms with van der Waals surface area (Å²) in [5, 5.41) is 0. The lowest BCUT2D eigenvalue weighted by atomic mass is 10.2. The van der Waals surface area contributed by atoms with Gasteiger partial charge in [-0.15, -0.1) is 0 Å². The Balaban J connectivity index is 2.51. The minimum Gasteiger partial charge on any atom is -0.311 e. The van der Waals surface area contributed by atoms with Crippen LogP contribution < -0.4 is 11.2 Å². The minimum atomic E-state index is -0.820. The van der Waals surface area contributed by atoms with Crippen LogP contribution in [0, 0.1) is 6.92 Å². The summed E-state index contributed by atoms with van der Waals surface area (Å²) in [5.74, 6) is 0.384. The van der Waals surface area contributed by atoms with Gasteiger partial charge in [0.05, 0.1) is 6.04 Å². The first-order valence-corrected chi connectivity index (χ1v) is 8.42. The predicted octanol–water partition coefficient (Wildman–Crippen LogP) is 1.58. The minimum absolute atomic E-state index is 0.213. The molecule has 3 aromatic rings. The molecule has 3 heterocycles. The number of imidazole rings is 2. The van der Waals surface area contributed by atoms with E-state index in [-0.39, 0.29) is 11.8 Å². The maximum Gasteiger partial charge on any atom is 0.333 e. The van der Waals surface area contributed by atoms with Gasteiger partial charge in [0.25, 0.3) is 5.56 Å². The SMILES string of the molecule is CC[C@H](C)n1c(C)cn2c3c(=O)n([C@@H](C)C(C)=O)c(=O)n(C)c3nc12. The van der Waals surface area contributed by atoms with Crippen LogP contribution in [0.3, 0.4) is 0 Å². The molecule has 0 saturated heterocycles. The standard InChI is InChI=1S/C17H23N5O3/c1-7-9(2)21-10(3)8-20-13-14(18-16(20)21)19(6)17(25)22(15(13)24)11(4)12(5)23/h8-9,11H,7H2,1-6H3/t9-,11-/m0/s1. The summed E-state index contributed by atoms with van der Waals surface area (Å²) in [5.41, 5.74) is 0.602. The molecule has 0 aliphatic rings. The molecule has 3 rings (SSSR count). The summed E-state index contributed by atoms with van der Waals surface area (Å²) in [6.07, 6.45) is 2.77. The molecule has 0 aliphatic heterocycles. The average molecular weight is 345 g/mol. The molecular weight excluding hydrogens is 322 g/mol. The van der Waals surface area contributed by atoms with Crippen LogP contribution in [-0.4, -0.2) is 28.9 Å². The number of fused-ring (bicyclic) bond motifs is 3. The third kappa shape index (κ3) is 2.27. The zero-order valence-corrected chi connectivity index (χ0v) is 15.4. The van der Waals surface area contributed by atoms with E-state index in [9.17, 15) is 14.4 Å².